The molecule has 100 valence electrons. The zero-order valence-electron chi connectivity index (χ0n) is 11.4. The fourth-order valence-corrected chi connectivity index (χ4v) is 1.64. The van der Waals surface area contributed by atoms with Gasteiger partial charge in [-0.05, 0) is 30.5 Å². The first kappa shape index (κ1) is 14.5. The molecule has 0 saturated carbocycles. The molecule has 0 fully saturated rings. The Morgan fingerprint density at radius 3 is 2.61 bits per heavy atom. The molecule has 0 aromatic heterocycles. The molecule has 1 atom stereocenters. The van der Waals surface area contributed by atoms with Crippen molar-refractivity contribution >= 4 is 5.91 Å². The summed E-state index contributed by atoms with van der Waals surface area (Å²) >= 11 is 0. The van der Waals surface area contributed by atoms with E-state index in [0.717, 1.165) is 5.56 Å². The third kappa shape index (κ3) is 3.47. The molecular weight excluding hydrogens is 230 g/mol. The highest BCUT2D eigenvalue weighted by Gasteiger charge is 2.16. The zero-order valence-corrected chi connectivity index (χ0v) is 11.4. The van der Waals surface area contributed by atoms with Gasteiger partial charge in [-0.3, -0.25) is 4.79 Å². The van der Waals surface area contributed by atoms with Crippen LogP contribution in [0, 0.1) is 12.8 Å². The molecule has 0 unspecified atom stereocenters. The fourth-order valence-electron chi connectivity index (χ4n) is 1.64. The highest BCUT2D eigenvalue weighted by molar-refractivity contribution is 5.94. The van der Waals surface area contributed by atoms with Crippen LogP contribution in [0.2, 0.25) is 0 Å². The highest BCUT2D eigenvalue weighted by atomic mass is 16.5. The molecule has 0 aliphatic carbocycles. The third-order valence-electron chi connectivity index (χ3n) is 2.99. The van der Waals surface area contributed by atoms with Crippen molar-refractivity contribution in [1.29, 1.82) is 0 Å². The van der Waals surface area contributed by atoms with E-state index in [2.05, 4.69) is 5.32 Å². The van der Waals surface area contributed by atoms with E-state index in [4.69, 9.17) is 4.74 Å². The summed E-state index contributed by atoms with van der Waals surface area (Å²) in [6.07, 6.45) is 0. The number of amides is 1. The molecule has 1 amide bonds. The minimum absolute atomic E-state index is 0.0631. The lowest BCUT2D eigenvalue weighted by Gasteiger charge is -2.20. The molecule has 1 aromatic carbocycles. The Labute approximate surface area is 108 Å². The van der Waals surface area contributed by atoms with Crippen LogP contribution in [-0.2, 0) is 0 Å². The Morgan fingerprint density at radius 1 is 1.44 bits per heavy atom. The van der Waals surface area contributed by atoms with Gasteiger partial charge in [0.05, 0.1) is 19.8 Å². The quantitative estimate of drug-likeness (QED) is 0.838. The monoisotopic (exact) mass is 251 g/mol. The molecule has 4 nitrogen and oxygen atoms in total. The topological polar surface area (TPSA) is 58.6 Å². The number of carbonyl (C=O) groups is 1. The number of aryl methyl sites for hydroxylation is 1. The van der Waals surface area contributed by atoms with Crippen molar-refractivity contribution < 1.29 is 14.6 Å². The zero-order chi connectivity index (χ0) is 13.7. The predicted molar refractivity (Wildman–Crippen MR) is 70.9 cm³/mol. The van der Waals surface area contributed by atoms with Gasteiger partial charge in [0.2, 0.25) is 0 Å². The minimum Gasteiger partial charge on any atom is -0.496 e. The first-order valence-corrected chi connectivity index (χ1v) is 6.06. The SMILES string of the molecule is COc1cc(C(=O)N[C@H](CO)C(C)C)ccc1C. The van der Waals surface area contributed by atoms with Gasteiger partial charge >= 0.3 is 0 Å². The summed E-state index contributed by atoms with van der Waals surface area (Å²) in [5.74, 6) is 0.681. The van der Waals surface area contributed by atoms with E-state index in [-0.39, 0.29) is 24.5 Å². The van der Waals surface area contributed by atoms with Crippen LogP contribution in [0.25, 0.3) is 0 Å². The van der Waals surface area contributed by atoms with Gasteiger partial charge in [-0.1, -0.05) is 19.9 Å². The van der Waals surface area contributed by atoms with Crippen LogP contribution in [0.3, 0.4) is 0 Å². The first-order valence-electron chi connectivity index (χ1n) is 6.06. The van der Waals surface area contributed by atoms with Crippen molar-refractivity contribution in [3.05, 3.63) is 29.3 Å². The largest absolute Gasteiger partial charge is 0.496 e. The van der Waals surface area contributed by atoms with Crippen molar-refractivity contribution in [2.45, 2.75) is 26.8 Å². The molecule has 0 saturated heterocycles. The molecule has 1 aromatic rings. The van der Waals surface area contributed by atoms with Gasteiger partial charge in [-0.15, -0.1) is 0 Å². The summed E-state index contributed by atoms with van der Waals surface area (Å²) in [7, 11) is 1.58. The molecule has 2 N–H and O–H groups in total. The van der Waals surface area contributed by atoms with Gasteiger partial charge in [0.25, 0.3) is 5.91 Å². The molecule has 4 heteroatoms. The smallest absolute Gasteiger partial charge is 0.251 e. The minimum atomic E-state index is -0.232. The standard InChI is InChI=1S/C14H21NO3/c1-9(2)12(8-16)15-14(17)11-6-5-10(3)13(7-11)18-4/h5-7,9,12,16H,8H2,1-4H3,(H,15,17)/t12-/m1/s1. The summed E-state index contributed by atoms with van der Waals surface area (Å²) < 4.78 is 5.19. The third-order valence-corrected chi connectivity index (χ3v) is 2.99. The van der Waals surface area contributed by atoms with Crippen molar-refractivity contribution in [3.63, 3.8) is 0 Å². The molecule has 0 radical (unpaired) electrons. The van der Waals surface area contributed by atoms with Crippen LogP contribution < -0.4 is 10.1 Å². The van der Waals surface area contributed by atoms with E-state index in [0.29, 0.717) is 11.3 Å². The van der Waals surface area contributed by atoms with Crippen LogP contribution >= 0.6 is 0 Å². The van der Waals surface area contributed by atoms with Crippen molar-refractivity contribution in [3.8, 4) is 5.75 Å². The maximum Gasteiger partial charge on any atom is 0.251 e. The van der Waals surface area contributed by atoms with E-state index in [1.807, 2.05) is 26.8 Å². The molecule has 0 aliphatic rings. The summed E-state index contributed by atoms with van der Waals surface area (Å²) in [6, 6.07) is 5.07. The Bertz CT molecular complexity index is 416. The van der Waals surface area contributed by atoms with Crippen LogP contribution in [0.1, 0.15) is 29.8 Å². The summed E-state index contributed by atoms with van der Waals surface area (Å²) in [6.45, 7) is 5.77. The summed E-state index contributed by atoms with van der Waals surface area (Å²) in [4.78, 5) is 12.0. The van der Waals surface area contributed by atoms with Gasteiger partial charge in [0.15, 0.2) is 0 Å². The maximum atomic E-state index is 12.0. The Balaban J connectivity index is 2.84. The molecule has 1 rings (SSSR count). The number of ether oxygens (including phenoxy) is 1. The molecule has 0 heterocycles. The van der Waals surface area contributed by atoms with Crippen LogP contribution in [0.5, 0.6) is 5.75 Å². The molecule has 0 spiro atoms. The number of methoxy groups -OCH3 is 1. The number of nitrogens with one attached hydrogen (secondary N) is 1. The average molecular weight is 251 g/mol. The van der Waals surface area contributed by atoms with Crippen molar-refractivity contribution in [2.75, 3.05) is 13.7 Å². The van der Waals surface area contributed by atoms with E-state index >= 15 is 0 Å². The number of aliphatic hydroxyl groups excluding tert-OH is 1. The second-order valence-electron chi connectivity index (χ2n) is 4.69. The van der Waals surface area contributed by atoms with E-state index in [9.17, 15) is 9.90 Å². The van der Waals surface area contributed by atoms with Gasteiger partial charge in [0, 0.05) is 5.56 Å². The van der Waals surface area contributed by atoms with Gasteiger partial charge in [-0.2, -0.15) is 0 Å². The second kappa shape index (κ2) is 6.40. The molecule has 0 aliphatic heterocycles. The van der Waals surface area contributed by atoms with Crippen LogP contribution in [0.15, 0.2) is 18.2 Å². The Morgan fingerprint density at radius 2 is 2.11 bits per heavy atom. The second-order valence-corrected chi connectivity index (χ2v) is 4.69. The van der Waals surface area contributed by atoms with Crippen LogP contribution in [-0.4, -0.2) is 30.8 Å². The normalized spacial score (nSPS) is 12.3. The number of aliphatic hydroxyl groups is 1. The first-order chi connectivity index (χ1) is 8.49. The molecule has 18 heavy (non-hydrogen) atoms. The lowest BCUT2D eigenvalue weighted by molar-refractivity contribution is 0.0896. The number of carbonyl (C=O) groups excluding carboxylic acids is 1. The number of hydrogen-bond donors (Lipinski definition) is 2. The number of benzene rings is 1. The average Bonchev–Trinajstić information content (AvgIpc) is 2.35. The summed E-state index contributed by atoms with van der Waals surface area (Å²) in [5.41, 5.74) is 1.52. The lowest BCUT2D eigenvalue weighted by atomic mass is 10.0. The highest BCUT2D eigenvalue weighted by Crippen LogP contribution is 2.19. The lowest BCUT2D eigenvalue weighted by Crippen LogP contribution is -2.41. The fraction of sp³-hybridized carbons (Fsp3) is 0.500. The maximum absolute atomic E-state index is 12.0. The van der Waals surface area contributed by atoms with Crippen molar-refractivity contribution in [1.82, 2.24) is 5.32 Å². The Kier molecular flexibility index (Phi) is 5.16. The van der Waals surface area contributed by atoms with Gasteiger partial charge < -0.3 is 15.2 Å². The number of hydrogen-bond acceptors (Lipinski definition) is 3. The predicted octanol–water partition coefficient (Wildman–Crippen LogP) is 1.75. The van der Waals surface area contributed by atoms with Gasteiger partial charge in [-0.25, -0.2) is 0 Å². The van der Waals surface area contributed by atoms with Crippen LogP contribution in [0.4, 0.5) is 0 Å². The van der Waals surface area contributed by atoms with E-state index < -0.39 is 0 Å². The van der Waals surface area contributed by atoms with E-state index in [1.54, 1.807) is 19.2 Å². The summed E-state index contributed by atoms with van der Waals surface area (Å²) in [5, 5.41) is 12.0. The van der Waals surface area contributed by atoms with E-state index in [1.165, 1.54) is 0 Å². The molecular formula is C14H21NO3. The number of rotatable bonds is 5. The Hall–Kier alpha value is -1.55. The van der Waals surface area contributed by atoms with Gasteiger partial charge in [0.1, 0.15) is 5.75 Å². The molecule has 0 bridgehead atoms. The van der Waals surface area contributed by atoms with Crippen molar-refractivity contribution in [2.24, 2.45) is 5.92 Å².